The maximum Gasteiger partial charge on any atom is 0.494 e. The van der Waals surface area contributed by atoms with Crippen molar-refractivity contribution in [2.75, 3.05) is 19.6 Å². The number of anilines is 12. The molecule has 0 amide bonds. The molecule has 19 aromatic rings. The molecular weight excluding hydrogens is 1490 g/mol. The third kappa shape index (κ3) is 13.4. The molecule has 5 heterocycles. The van der Waals surface area contributed by atoms with Crippen molar-refractivity contribution < 1.29 is 31.9 Å². The summed E-state index contributed by atoms with van der Waals surface area (Å²) in [7, 11) is -1.44. The molecule has 2 aliphatic heterocycles. The van der Waals surface area contributed by atoms with Crippen molar-refractivity contribution >= 4 is 159 Å². The van der Waals surface area contributed by atoms with Crippen LogP contribution in [0.15, 0.2) is 389 Å². The number of rotatable bonds is 18. The second-order valence-corrected chi connectivity index (χ2v) is 33.7. The van der Waals surface area contributed by atoms with Crippen molar-refractivity contribution in [3.8, 4) is 44.5 Å². The van der Waals surface area contributed by atoms with Crippen molar-refractivity contribution in [3.05, 3.63) is 376 Å². The lowest BCUT2D eigenvalue weighted by atomic mass is 9.78. The van der Waals surface area contributed by atoms with Crippen LogP contribution in [0.5, 0.6) is 0 Å². The van der Waals surface area contributed by atoms with Gasteiger partial charge in [-0.2, -0.15) is 0 Å². The molecule has 2 saturated heterocycles. The number of benzene rings is 16. The van der Waals surface area contributed by atoms with E-state index in [-0.39, 0.29) is 0 Å². The van der Waals surface area contributed by atoms with Gasteiger partial charge < -0.3 is 51.5 Å². The third-order valence-corrected chi connectivity index (χ3v) is 25.1. The zero-order valence-corrected chi connectivity index (χ0v) is 68.6. The standard InChI is InChI=1S/C108H86B2N4O7/c1-105(2)106(3,4)119-109(118-105)79-65-86(69-87(66-79)112(82-58-52-74(53-59-82)71-28-12-9-13-29-71)96-42-25-39-93-90-36-18-21-45-99(90)115-102(93)96)111(81-33-16-11-17-34-81)85-35-24-32-78(64-85)77-50-48-73(49-51-77)76-56-62-84(63-57-76)114(98-44-27-41-95-92-38-20-23-47-101(92)117-104(95)98)89-68-80(110-120-107(5,6)108(7,8)121-110)67-88(70-89)113(83-60-54-75(55-61-83)72-30-14-10-15-31-72)97-43-26-40-94-91-37-19-22-46-100(91)116-103(94)97/h9-70H,1-8H3. The van der Waals surface area contributed by atoms with Gasteiger partial charge in [-0.25, -0.2) is 0 Å². The number of furan rings is 3. The van der Waals surface area contributed by atoms with Crippen LogP contribution in [-0.2, 0) is 18.6 Å². The van der Waals surface area contributed by atoms with E-state index in [0.717, 1.165) is 189 Å². The van der Waals surface area contributed by atoms with Gasteiger partial charge in [0, 0.05) is 83.5 Å². The van der Waals surface area contributed by atoms with E-state index in [1.54, 1.807) is 0 Å². The third-order valence-electron chi connectivity index (χ3n) is 25.1. The molecule has 0 radical (unpaired) electrons. The molecule has 2 fully saturated rings. The zero-order chi connectivity index (χ0) is 81.9. The lowest BCUT2D eigenvalue weighted by molar-refractivity contribution is 0.00578. The van der Waals surface area contributed by atoms with Gasteiger partial charge in [0.2, 0.25) is 0 Å². The van der Waals surface area contributed by atoms with E-state index < -0.39 is 36.6 Å². The van der Waals surface area contributed by atoms with Gasteiger partial charge in [0.15, 0.2) is 16.7 Å². The highest BCUT2D eigenvalue weighted by molar-refractivity contribution is 6.63. The van der Waals surface area contributed by atoms with Crippen LogP contribution in [0, 0.1) is 0 Å². The Morgan fingerprint density at radius 1 is 0.190 bits per heavy atom. The van der Waals surface area contributed by atoms with Crippen LogP contribution < -0.4 is 30.5 Å². The fourth-order valence-electron chi connectivity index (χ4n) is 17.4. The largest absolute Gasteiger partial charge is 0.494 e. The molecule has 121 heavy (non-hydrogen) atoms. The molecule has 13 heteroatoms. The first kappa shape index (κ1) is 74.6. The summed E-state index contributed by atoms with van der Waals surface area (Å²) in [6, 6.07) is 133. The predicted molar refractivity (Wildman–Crippen MR) is 500 cm³/mol. The summed E-state index contributed by atoms with van der Waals surface area (Å²) in [4.78, 5) is 9.28. The Hall–Kier alpha value is -13.9. The molecule has 21 rings (SSSR count). The van der Waals surface area contributed by atoms with Gasteiger partial charge in [-0.1, -0.05) is 243 Å². The van der Waals surface area contributed by atoms with Gasteiger partial charge in [0.05, 0.1) is 39.5 Å². The highest BCUT2D eigenvalue weighted by atomic mass is 16.7. The van der Waals surface area contributed by atoms with Crippen LogP contribution in [0.25, 0.3) is 110 Å². The minimum Gasteiger partial charge on any atom is -0.454 e. The normalized spacial score (nSPS) is 14.7. The van der Waals surface area contributed by atoms with Crippen molar-refractivity contribution in [1.29, 1.82) is 0 Å². The number of hydrogen-bond donors (Lipinski definition) is 0. The average molecular weight is 1570 g/mol. The maximum atomic E-state index is 7.07. The van der Waals surface area contributed by atoms with E-state index >= 15 is 0 Å². The first-order chi connectivity index (χ1) is 58.9. The molecule has 0 unspecified atom stereocenters. The Labute approximate surface area is 704 Å². The maximum absolute atomic E-state index is 7.07. The minimum atomic E-state index is -0.740. The SMILES string of the molecule is CC1(C)OB(c2cc(N(c3ccccc3)c3cccc(-c4ccc(-c5ccc(N(c6cc(B7OC(C)(C)C(C)(C)O7)cc(N(c7ccc(-c8ccccc8)cc7)c7cccc8c7oc7ccccc78)c6)c6cccc7c6oc6ccccc67)cc5)cc4)c3)cc(N(c3ccc(-c4ccccc4)cc3)c3cccc4c3oc3ccccc34)c2)OC1(C)C. The van der Waals surface area contributed by atoms with Gasteiger partial charge in [-0.15, -0.1) is 0 Å². The van der Waals surface area contributed by atoms with Crippen LogP contribution >= 0.6 is 0 Å². The molecule has 11 nitrogen and oxygen atoms in total. The highest BCUT2D eigenvalue weighted by Gasteiger charge is 2.53. The van der Waals surface area contributed by atoms with Crippen molar-refractivity contribution in [2.24, 2.45) is 0 Å². The second-order valence-electron chi connectivity index (χ2n) is 33.7. The van der Waals surface area contributed by atoms with Crippen LogP contribution in [0.1, 0.15) is 55.4 Å². The molecule has 0 atom stereocenters. The molecule has 0 bridgehead atoms. The quantitative estimate of drug-likeness (QED) is 0.0770. The number of fused-ring (bicyclic) bond motifs is 9. The van der Waals surface area contributed by atoms with Gasteiger partial charge in [-0.3, -0.25) is 0 Å². The fourth-order valence-corrected chi connectivity index (χ4v) is 17.4. The summed E-state index contributed by atoms with van der Waals surface area (Å²) in [5.74, 6) is 0. The molecule has 0 aliphatic carbocycles. The zero-order valence-electron chi connectivity index (χ0n) is 68.6. The van der Waals surface area contributed by atoms with Crippen molar-refractivity contribution in [1.82, 2.24) is 0 Å². The topological polar surface area (TPSA) is 89.3 Å². The van der Waals surface area contributed by atoms with Crippen LogP contribution in [-0.4, -0.2) is 36.6 Å². The molecule has 0 N–H and O–H groups in total. The average Bonchev–Trinajstić information content (AvgIpc) is 1.68. The van der Waals surface area contributed by atoms with Crippen molar-refractivity contribution in [3.63, 3.8) is 0 Å². The summed E-state index contributed by atoms with van der Waals surface area (Å²) in [6.45, 7) is 16.9. The van der Waals surface area contributed by atoms with Gasteiger partial charge >= 0.3 is 14.2 Å². The molecule has 0 saturated carbocycles. The van der Waals surface area contributed by atoms with E-state index in [4.69, 9.17) is 31.9 Å². The summed E-state index contributed by atoms with van der Waals surface area (Å²) in [5.41, 5.74) is 23.5. The second kappa shape index (κ2) is 29.6. The Bertz CT molecular complexity index is 7100. The Morgan fingerprint density at radius 3 is 0.785 bits per heavy atom. The van der Waals surface area contributed by atoms with E-state index in [1.165, 1.54) is 0 Å². The first-order valence-corrected chi connectivity index (χ1v) is 41.5. The summed E-state index contributed by atoms with van der Waals surface area (Å²) < 4.78 is 49.1. The molecular formula is C108H86B2N4O7. The fraction of sp³-hybridized carbons (Fsp3) is 0.111. The van der Waals surface area contributed by atoms with Crippen LogP contribution in [0.4, 0.5) is 68.2 Å². The Kier molecular flexibility index (Phi) is 18.2. The van der Waals surface area contributed by atoms with Crippen molar-refractivity contribution in [2.45, 2.75) is 77.8 Å². The molecule has 3 aromatic heterocycles. The lowest BCUT2D eigenvalue weighted by Crippen LogP contribution is -2.41. The summed E-state index contributed by atoms with van der Waals surface area (Å²) in [6.07, 6.45) is 0. The van der Waals surface area contributed by atoms with Gasteiger partial charge in [0.25, 0.3) is 0 Å². The lowest BCUT2D eigenvalue weighted by Gasteiger charge is -2.32. The van der Waals surface area contributed by atoms with E-state index in [2.05, 4.69) is 415 Å². The van der Waals surface area contributed by atoms with E-state index in [1.807, 2.05) is 36.4 Å². The van der Waals surface area contributed by atoms with Gasteiger partial charge in [0.1, 0.15) is 16.7 Å². The molecule has 2 aliphatic rings. The molecule has 586 valence electrons. The van der Waals surface area contributed by atoms with E-state index in [9.17, 15) is 0 Å². The van der Waals surface area contributed by atoms with Crippen LogP contribution in [0.2, 0.25) is 0 Å². The smallest absolute Gasteiger partial charge is 0.454 e. The predicted octanol–water partition coefficient (Wildman–Crippen LogP) is 28.5. The number of hydrogen-bond acceptors (Lipinski definition) is 11. The van der Waals surface area contributed by atoms with Crippen LogP contribution in [0.3, 0.4) is 0 Å². The molecule has 16 aromatic carbocycles. The Balaban J connectivity index is 0.676. The number of nitrogens with zero attached hydrogens (tertiary/aromatic N) is 4. The first-order valence-electron chi connectivity index (χ1n) is 41.5. The van der Waals surface area contributed by atoms with E-state index in [0.29, 0.717) is 0 Å². The van der Waals surface area contributed by atoms with Gasteiger partial charge in [-0.05, 0) is 244 Å². The number of para-hydroxylation sites is 7. The summed E-state index contributed by atoms with van der Waals surface area (Å²) in [5, 5.41) is 6.17. The monoisotopic (exact) mass is 1570 g/mol. The minimum absolute atomic E-state index is 0.617. The highest BCUT2D eigenvalue weighted by Crippen LogP contribution is 2.51. The Morgan fingerprint density at radius 2 is 0.438 bits per heavy atom. The molecule has 0 spiro atoms. The summed E-state index contributed by atoms with van der Waals surface area (Å²) >= 11 is 0.